The molecule has 8 heteroatoms. The number of carbonyl (C=O) groups excluding carboxylic acids is 2. The van der Waals surface area contributed by atoms with Crippen molar-refractivity contribution in [3.05, 3.63) is 66.0 Å². The van der Waals surface area contributed by atoms with Gasteiger partial charge in [0.1, 0.15) is 24.7 Å². The molecule has 1 fully saturated rings. The van der Waals surface area contributed by atoms with Gasteiger partial charge in [0.2, 0.25) is 5.91 Å². The number of nitrogens with one attached hydrogen (secondary N) is 2. The summed E-state index contributed by atoms with van der Waals surface area (Å²) in [5.41, 5.74) is 4.81. The number of carbonyl (C=O) groups is 2. The molecule has 2 unspecified atom stereocenters. The summed E-state index contributed by atoms with van der Waals surface area (Å²) in [6.07, 6.45) is 2.12. The van der Waals surface area contributed by atoms with Crippen molar-refractivity contribution in [2.24, 2.45) is 5.10 Å². The van der Waals surface area contributed by atoms with E-state index in [-0.39, 0.29) is 24.3 Å². The van der Waals surface area contributed by atoms with E-state index in [9.17, 15) is 14.0 Å². The highest BCUT2D eigenvalue weighted by Crippen LogP contribution is 2.29. The average molecular weight is 367 g/mol. The summed E-state index contributed by atoms with van der Waals surface area (Å²) in [6.45, 7) is -0.201. The van der Waals surface area contributed by atoms with Gasteiger partial charge >= 0.3 is 0 Å². The Kier molecular flexibility index (Phi) is 4.55. The third-order valence-corrected chi connectivity index (χ3v) is 4.58. The quantitative estimate of drug-likeness (QED) is 0.865. The molecule has 1 saturated heterocycles. The van der Waals surface area contributed by atoms with Crippen LogP contribution in [0.4, 0.5) is 10.1 Å². The zero-order chi connectivity index (χ0) is 18.8. The molecule has 0 radical (unpaired) electrons. The standard InChI is InChI=1S/C19H18FN5O2/c20-14-6-8-15(9-7-14)22-18(26)11-24-19(27)17-10-16(23-25(17)12-21-24)13-4-2-1-3-5-13/h1-9,12,16-17,23H,10-11H2,(H,22,26). The molecule has 2 aromatic rings. The molecule has 2 aliphatic rings. The smallest absolute Gasteiger partial charge is 0.267 e. The third kappa shape index (κ3) is 3.65. The number of fused-ring (bicyclic) bond motifs is 1. The van der Waals surface area contributed by atoms with Crippen LogP contribution < -0.4 is 10.7 Å². The fourth-order valence-corrected chi connectivity index (χ4v) is 3.22. The van der Waals surface area contributed by atoms with E-state index in [0.717, 1.165) is 10.6 Å². The first-order valence-corrected chi connectivity index (χ1v) is 8.60. The summed E-state index contributed by atoms with van der Waals surface area (Å²) in [7, 11) is 0. The molecule has 2 N–H and O–H groups in total. The number of hydrazone groups is 1. The minimum atomic E-state index is -0.411. The Bertz CT molecular complexity index is 871. The molecular formula is C19H18FN5O2. The predicted octanol–water partition coefficient (Wildman–Crippen LogP) is 1.87. The van der Waals surface area contributed by atoms with Crippen LogP contribution in [0.5, 0.6) is 0 Å². The first-order valence-electron chi connectivity index (χ1n) is 8.60. The van der Waals surface area contributed by atoms with E-state index in [4.69, 9.17) is 0 Å². The monoisotopic (exact) mass is 367 g/mol. The van der Waals surface area contributed by atoms with Crippen molar-refractivity contribution in [1.29, 1.82) is 0 Å². The average Bonchev–Trinajstić information content (AvgIpc) is 3.12. The Labute approximate surface area is 155 Å². The molecule has 2 aliphatic heterocycles. The molecule has 0 aromatic heterocycles. The molecule has 4 rings (SSSR count). The van der Waals surface area contributed by atoms with Crippen molar-refractivity contribution in [2.75, 3.05) is 11.9 Å². The van der Waals surface area contributed by atoms with Crippen LogP contribution >= 0.6 is 0 Å². The van der Waals surface area contributed by atoms with Crippen molar-refractivity contribution >= 4 is 23.8 Å². The van der Waals surface area contributed by atoms with Gasteiger partial charge in [-0.25, -0.2) is 14.8 Å². The molecular weight excluding hydrogens is 349 g/mol. The molecule has 138 valence electrons. The van der Waals surface area contributed by atoms with Crippen LogP contribution in [-0.4, -0.2) is 40.8 Å². The van der Waals surface area contributed by atoms with Gasteiger partial charge in [-0.15, -0.1) is 0 Å². The zero-order valence-electron chi connectivity index (χ0n) is 14.4. The summed E-state index contributed by atoms with van der Waals surface area (Å²) in [5.74, 6) is -1.02. The van der Waals surface area contributed by atoms with Gasteiger partial charge in [-0.05, 0) is 36.2 Å². The Morgan fingerprint density at radius 2 is 1.93 bits per heavy atom. The van der Waals surface area contributed by atoms with Gasteiger partial charge in [-0.3, -0.25) is 14.6 Å². The Morgan fingerprint density at radius 3 is 2.67 bits per heavy atom. The number of halogens is 1. The second-order valence-corrected chi connectivity index (χ2v) is 6.43. The highest BCUT2D eigenvalue weighted by molar-refractivity contribution is 5.96. The normalized spacial score (nSPS) is 21.3. The van der Waals surface area contributed by atoms with Crippen LogP contribution in [-0.2, 0) is 9.59 Å². The van der Waals surface area contributed by atoms with E-state index in [1.54, 1.807) is 5.01 Å². The summed E-state index contributed by atoms with van der Waals surface area (Å²) in [5, 5.41) is 9.56. The molecule has 2 heterocycles. The van der Waals surface area contributed by atoms with Crippen molar-refractivity contribution in [3.63, 3.8) is 0 Å². The van der Waals surface area contributed by atoms with Crippen molar-refractivity contribution in [3.8, 4) is 0 Å². The van der Waals surface area contributed by atoms with Crippen LogP contribution in [0.3, 0.4) is 0 Å². The lowest BCUT2D eigenvalue weighted by Gasteiger charge is -2.29. The van der Waals surface area contributed by atoms with Crippen LogP contribution in [0.15, 0.2) is 59.7 Å². The molecule has 0 aliphatic carbocycles. The number of hydrazine groups is 1. The Hall–Kier alpha value is -3.26. The van der Waals surface area contributed by atoms with Gasteiger partial charge in [-0.1, -0.05) is 30.3 Å². The first kappa shape index (κ1) is 17.2. The second-order valence-electron chi connectivity index (χ2n) is 6.43. The van der Waals surface area contributed by atoms with Gasteiger partial charge in [0.15, 0.2) is 0 Å². The predicted molar refractivity (Wildman–Crippen MR) is 97.8 cm³/mol. The van der Waals surface area contributed by atoms with Crippen LogP contribution in [0.25, 0.3) is 0 Å². The van der Waals surface area contributed by atoms with Gasteiger partial charge in [-0.2, -0.15) is 5.10 Å². The third-order valence-electron chi connectivity index (χ3n) is 4.58. The van der Waals surface area contributed by atoms with E-state index in [1.807, 2.05) is 30.3 Å². The van der Waals surface area contributed by atoms with Crippen LogP contribution in [0, 0.1) is 5.82 Å². The van der Waals surface area contributed by atoms with E-state index in [2.05, 4.69) is 15.8 Å². The molecule has 2 amide bonds. The highest BCUT2D eigenvalue weighted by atomic mass is 19.1. The molecule has 27 heavy (non-hydrogen) atoms. The van der Waals surface area contributed by atoms with Crippen molar-refractivity contribution in [1.82, 2.24) is 15.4 Å². The maximum absolute atomic E-state index is 12.9. The van der Waals surface area contributed by atoms with E-state index in [1.165, 1.54) is 30.6 Å². The molecule has 0 saturated carbocycles. The maximum atomic E-state index is 12.9. The lowest BCUT2D eigenvalue weighted by molar-refractivity contribution is -0.139. The fraction of sp³-hybridized carbons (Fsp3) is 0.211. The Balaban J connectivity index is 1.39. The van der Waals surface area contributed by atoms with Crippen LogP contribution in [0.2, 0.25) is 0 Å². The van der Waals surface area contributed by atoms with Gasteiger partial charge in [0, 0.05) is 5.69 Å². The summed E-state index contributed by atoms with van der Waals surface area (Å²) in [4.78, 5) is 24.9. The van der Waals surface area contributed by atoms with Crippen LogP contribution in [0.1, 0.15) is 18.0 Å². The van der Waals surface area contributed by atoms with Gasteiger partial charge in [0.25, 0.3) is 5.91 Å². The Morgan fingerprint density at radius 1 is 1.19 bits per heavy atom. The molecule has 0 bridgehead atoms. The number of hydrogen-bond acceptors (Lipinski definition) is 5. The van der Waals surface area contributed by atoms with E-state index >= 15 is 0 Å². The molecule has 0 spiro atoms. The largest absolute Gasteiger partial charge is 0.324 e. The van der Waals surface area contributed by atoms with Crippen molar-refractivity contribution in [2.45, 2.75) is 18.5 Å². The van der Waals surface area contributed by atoms with Gasteiger partial charge in [0.05, 0.1) is 6.04 Å². The zero-order valence-corrected chi connectivity index (χ0v) is 14.4. The summed E-state index contributed by atoms with van der Waals surface area (Å²) < 4.78 is 12.9. The second kappa shape index (κ2) is 7.16. The molecule has 7 nitrogen and oxygen atoms in total. The number of benzene rings is 2. The maximum Gasteiger partial charge on any atom is 0.267 e. The topological polar surface area (TPSA) is 77.0 Å². The lowest BCUT2D eigenvalue weighted by atomic mass is 10.0. The molecule has 2 atom stereocenters. The minimum absolute atomic E-state index is 0.0135. The number of hydrogen-bond donors (Lipinski definition) is 2. The number of rotatable bonds is 4. The number of nitrogens with zero attached hydrogens (tertiary/aromatic N) is 3. The van der Waals surface area contributed by atoms with E-state index < -0.39 is 11.9 Å². The minimum Gasteiger partial charge on any atom is -0.324 e. The molecule has 2 aromatic carbocycles. The SMILES string of the molecule is O=C(CN1N=CN2NC(c3ccccc3)CC2C1=O)Nc1ccc(F)cc1. The van der Waals surface area contributed by atoms with E-state index in [0.29, 0.717) is 12.1 Å². The summed E-state index contributed by atoms with van der Waals surface area (Å²) >= 11 is 0. The first-order chi connectivity index (χ1) is 13.1. The summed E-state index contributed by atoms with van der Waals surface area (Å²) in [6, 6.07) is 14.9. The van der Waals surface area contributed by atoms with Crippen molar-refractivity contribution < 1.29 is 14.0 Å². The van der Waals surface area contributed by atoms with Gasteiger partial charge < -0.3 is 5.32 Å². The lowest BCUT2D eigenvalue weighted by Crippen LogP contribution is -2.52. The number of amides is 2. The fourth-order valence-electron chi connectivity index (χ4n) is 3.22. The number of anilines is 1. The highest BCUT2D eigenvalue weighted by Gasteiger charge is 2.41.